The molecule has 0 atom stereocenters. The average molecular weight is 272 g/mol. The standard InChI is InChI=1S/C11H11Cl2NOSi/c1-16(2,3)7-6-9(15)8-4-5-10(12)14-11(8)13/h4-5H,1-3H3. The van der Waals surface area contributed by atoms with Crippen molar-refractivity contribution in [3.63, 3.8) is 0 Å². The van der Waals surface area contributed by atoms with Crippen LogP contribution in [0.5, 0.6) is 0 Å². The fourth-order valence-corrected chi connectivity index (χ4v) is 1.81. The first-order valence-electron chi connectivity index (χ1n) is 4.69. The van der Waals surface area contributed by atoms with Crippen LogP contribution >= 0.6 is 23.2 Å². The van der Waals surface area contributed by atoms with E-state index in [4.69, 9.17) is 23.2 Å². The van der Waals surface area contributed by atoms with Crippen LogP contribution in [0, 0.1) is 11.5 Å². The van der Waals surface area contributed by atoms with Crippen molar-refractivity contribution >= 4 is 37.1 Å². The Hall–Kier alpha value is -0.823. The number of hydrogen-bond acceptors (Lipinski definition) is 2. The number of hydrogen-bond donors (Lipinski definition) is 0. The molecule has 0 saturated heterocycles. The van der Waals surface area contributed by atoms with Crippen LogP contribution < -0.4 is 0 Å². The minimum Gasteiger partial charge on any atom is -0.279 e. The van der Waals surface area contributed by atoms with E-state index in [1.165, 1.54) is 6.07 Å². The van der Waals surface area contributed by atoms with Crippen molar-refractivity contribution in [3.05, 3.63) is 28.0 Å². The summed E-state index contributed by atoms with van der Waals surface area (Å²) >= 11 is 11.4. The van der Waals surface area contributed by atoms with Crippen LogP contribution in [-0.4, -0.2) is 18.8 Å². The molecule has 1 aromatic heterocycles. The Labute approximate surface area is 106 Å². The zero-order valence-electron chi connectivity index (χ0n) is 9.27. The predicted octanol–water partition coefficient (Wildman–Crippen LogP) is 3.45. The second kappa shape index (κ2) is 5.01. The molecule has 84 valence electrons. The van der Waals surface area contributed by atoms with Gasteiger partial charge in [-0.2, -0.15) is 0 Å². The molecule has 0 amide bonds. The summed E-state index contributed by atoms with van der Waals surface area (Å²) in [5.41, 5.74) is 3.28. The molecule has 1 rings (SSSR count). The lowest BCUT2D eigenvalue weighted by Gasteiger charge is -2.03. The van der Waals surface area contributed by atoms with Crippen LogP contribution in [-0.2, 0) is 0 Å². The van der Waals surface area contributed by atoms with E-state index in [-0.39, 0.29) is 16.1 Å². The van der Waals surface area contributed by atoms with Gasteiger partial charge in [0, 0.05) is 0 Å². The van der Waals surface area contributed by atoms with Gasteiger partial charge in [-0.15, -0.1) is 5.54 Å². The topological polar surface area (TPSA) is 30.0 Å². The van der Waals surface area contributed by atoms with E-state index in [0.29, 0.717) is 5.56 Å². The number of carbonyl (C=O) groups is 1. The first kappa shape index (κ1) is 13.2. The highest BCUT2D eigenvalue weighted by Crippen LogP contribution is 2.16. The average Bonchev–Trinajstić information content (AvgIpc) is 2.13. The van der Waals surface area contributed by atoms with Crippen molar-refractivity contribution in [2.75, 3.05) is 0 Å². The molecule has 0 spiro atoms. The minimum atomic E-state index is -1.55. The highest BCUT2D eigenvalue weighted by Gasteiger charge is 2.12. The van der Waals surface area contributed by atoms with Gasteiger partial charge in [-0.1, -0.05) is 42.8 Å². The molecule has 0 aliphatic carbocycles. The quantitative estimate of drug-likeness (QED) is 0.339. The van der Waals surface area contributed by atoms with Gasteiger partial charge in [-0.05, 0) is 18.1 Å². The van der Waals surface area contributed by atoms with Crippen molar-refractivity contribution in [2.24, 2.45) is 0 Å². The zero-order chi connectivity index (χ0) is 12.3. The van der Waals surface area contributed by atoms with Crippen LogP contribution in [0.1, 0.15) is 10.4 Å². The zero-order valence-corrected chi connectivity index (χ0v) is 11.8. The van der Waals surface area contributed by atoms with E-state index in [1.807, 2.05) is 0 Å². The Morgan fingerprint density at radius 1 is 1.31 bits per heavy atom. The smallest absolute Gasteiger partial charge is 0.238 e. The first-order chi connectivity index (χ1) is 7.29. The summed E-state index contributed by atoms with van der Waals surface area (Å²) in [5, 5.41) is 0.363. The monoisotopic (exact) mass is 271 g/mol. The molecule has 0 N–H and O–H groups in total. The second-order valence-electron chi connectivity index (χ2n) is 4.30. The number of nitrogens with zero attached hydrogens (tertiary/aromatic N) is 1. The molecular formula is C11H11Cl2NOSi. The third kappa shape index (κ3) is 3.97. The van der Waals surface area contributed by atoms with Gasteiger partial charge in [0.25, 0.3) is 0 Å². The van der Waals surface area contributed by atoms with E-state index in [2.05, 4.69) is 36.1 Å². The Morgan fingerprint density at radius 3 is 2.44 bits per heavy atom. The summed E-state index contributed by atoms with van der Waals surface area (Å²) in [6.45, 7) is 6.19. The van der Waals surface area contributed by atoms with Crippen molar-refractivity contribution in [2.45, 2.75) is 19.6 Å². The summed E-state index contributed by atoms with van der Waals surface area (Å²) in [7, 11) is -1.55. The third-order valence-corrected chi connectivity index (χ3v) is 2.98. The summed E-state index contributed by atoms with van der Waals surface area (Å²) in [4.78, 5) is 15.5. The molecule has 0 bridgehead atoms. The molecule has 0 unspecified atom stereocenters. The largest absolute Gasteiger partial charge is 0.279 e. The number of aromatic nitrogens is 1. The summed E-state index contributed by atoms with van der Waals surface area (Å²) < 4.78 is 0. The van der Waals surface area contributed by atoms with Gasteiger partial charge in [0.1, 0.15) is 18.4 Å². The normalized spacial score (nSPS) is 10.6. The van der Waals surface area contributed by atoms with E-state index < -0.39 is 8.07 Å². The number of halogens is 2. The predicted molar refractivity (Wildman–Crippen MR) is 69.7 cm³/mol. The number of rotatable bonds is 1. The van der Waals surface area contributed by atoms with Gasteiger partial charge in [0.2, 0.25) is 5.78 Å². The lowest BCUT2D eigenvalue weighted by atomic mass is 10.2. The molecule has 0 aliphatic rings. The summed E-state index contributed by atoms with van der Waals surface area (Å²) in [6.07, 6.45) is 0. The van der Waals surface area contributed by atoms with Crippen LogP contribution in [0.4, 0.5) is 0 Å². The van der Waals surface area contributed by atoms with E-state index in [0.717, 1.165) is 0 Å². The third-order valence-electron chi connectivity index (χ3n) is 1.61. The molecule has 0 fully saturated rings. The molecule has 5 heteroatoms. The number of carbonyl (C=O) groups excluding carboxylic acids is 1. The summed E-state index contributed by atoms with van der Waals surface area (Å²) in [5.74, 6) is 2.30. The fraction of sp³-hybridized carbons (Fsp3) is 0.273. The van der Waals surface area contributed by atoms with Gasteiger partial charge < -0.3 is 0 Å². The first-order valence-corrected chi connectivity index (χ1v) is 8.95. The van der Waals surface area contributed by atoms with Crippen molar-refractivity contribution in [3.8, 4) is 11.5 Å². The molecule has 0 radical (unpaired) electrons. The molecular weight excluding hydrogens is 261 g/mol. The number of Topliss-reactive ketones (excluding diaryl/α,β-unsaturated/α-hetero) is 1. The maximum absolute atomic E-state index is 11.7. The Morgan fingerprint density at radius 2 is 1.94 bits per heavy atom. The SMILES string of the molecule is C[Si](C)(C)C#CC(=O)c1ccc(Cl)nc1Cl. The van der Waals surface area contributed by atoms with Crippen LogP contribution in [0.15, 0.2) is 12.1 Å². The molecule has 1 aromatic rings. The van der Waals surface area contributed by atoms with Gasteiger partial charge in [-0.3, -0.25) is 4.79 Å². The maximum atomic E-state index is 11.7. The van der Waals surface area contributed by atoms with Crippen molar-refractivity contribution in [1.29, 1.82) is 0 Å². The number of pyridine rings is 1. The molecule has 2 nitrogen and oxygen atoms in total. The second-order valence-corrected chi connectivity index (χ2v) is 9.80. The number of ketones is 1. The van der Waals surface area contributed by atoms with Crippen LogP contribution in [0.2, 0.25) is 29.9 Å². The van der Waals surface area contributed by atoms with E-state index >= 15 is 0 Å². The maximum Gasteiger partial charge on any atom is 0.238 e. The lowest BCUT2D eigenvalue weighted by molar-refractivity contribution is 0.105. The lowest BCUT2D eigenvalue weighted by Crippen LogP contribution is -2.17. The molecule has 0 aliphatic heterocycles. The molecule has 1 heterocycles. The van der Waals surface area contributed by atoms with Crippen molar-refractivity contribution in [1.82, 2.24) is 4.98 Å². The molecule has 0 aromatic carbocycles. The summed E-state index contributed by atoms with van der Waals surface area (Å²) in [6, 6.07) is 3.07. The van der Waals surface area contributed by atoms with Crippen LogP contribution in [0.3, 0.4) is 0 Å². The van der Waals surface area contributed by atoms with E-state index in [1.54, 1.807) is 6.07 Å². The van der Waals surface area contributed by atoms with Gasteiger partial charge in [-0.25, -0.2) is 4.98 Å². The molecule has 16 heavy (non-hydrogen) atoms. The van der Waals surface area contributed by atoms with Gasteiger partial charge >= 0.3 is 0 Å². The fourth-order valence-electron chi connectivity index (χ4n) is 0.893. The van der Waals surface area contributed by atoms with Crippen molar-refractivity contribution < 1.29 is 4.79 Å². The Bertz CT molecular complexity index is 483. The Kier molecular flexibility index (Phi) is 4.14. The van der Waals surface area contributed by atoms with E-state index in [9.17, 15) is 4.79 Å². The molecule has 0 saturated carbocycles. The Balaban J connectivity index is 3.01. The van der Waals surface area contributed by atoms with Crippen LogP contribution in [0.25, 0.3) is 0 Å². The van der Waals surface area contributed by atoms with Gasteiger partial charge in [0.15, 0.2) is 0 Å². The minimum absolute atomic E-state index is 0.0994. The highest BCUT2D eigenvalue weighted by atomic mass is 35.5. The highest BCUT2D eigenvalue weighted by molar-refractivity contribution is 6.84. The van der Waals surface area contributed by atoms with Gasteiger partial charge in [0.05, 0.1) is 5.56 Å².